The van der Waals surface area contributed by atoms with Crippen LogP contribution in [0.2, 0.25) is 0 Å². The molecule has 86 valence electrons. The molecule has 0 aromatic carbocycles. The number of aromatic carboxylic acids is 1. The fourth-order valence-electron chi connectivity index (χ4n) is 2.19. The van der Waals surface area contributed by atoms with E-state index in [0.717, 1.165) is 5.69 Å². The molecule has 0 bridgehead atoms. The highest BCUT2D eigenvalue weighted by Crippen LogP contribution is 2.27. The van der Waals surface area contributed by atoms with Crippen LogP contribution in [0.15, 0.2) is 6.07 Å². The number of aryl methyl sites for hydroxylation is 1. The molecule has 2 rings (SSSR count). The highest BCUT2D eigenvalue weighted by molar-refractivity contribution is 5.89. The van der Waals surface area contributed by atoms with Gasteiger partial charge in [0.1, 0.15) is 6.04 Å². The number of aromatic nitrogens is 1. The van der Waals surface area contributed by atoms with Crippen LogP contribution in [0.1, 0.15) is 34.2 Å². The summed E-state index contributed by atoms with van der Waals surface area (Å²) < 4.78 is 6.64. The minimum Gasteiger partial charge on any atom is -0.478 e. The molecule has 2 heterocycles. The van der Waals surface area contributed by atoms with Crippen molar-refractivity contribution in [2.75, 3.05) is 6.61 Å². The van der Waals surface area contributed by atoms with E-state index in [1.54, 1.807) is 24.5 Å². The number of carbonyl (C=O) groups excluding carboxylic acids is 1. The van der Waals surface area contributed by atoms with E-state index in [0.29, 0.717) is 18.7 Å². The van der Waals surface area contributed by atoms with Gasteiger partial charge < -0.3 is 14.4 Å². The first-order valence-electron chi connectivity index (χ1n) is 5.10. The summed E-state index contributed by atoms with van der Waals surface area (Å²) >= 11 is 0. The summed E-state index contributed by atoms with van der Waals surface area (Å²) in [4.78, 5) is 22.4. The van der Waals surface area contributed by atoms with Crippen molar-refractivity contribution in [3.05, 3.63) is 23.0 Å². The number of carboxylic acids is 1. The monoisotopic (exact) mass is 223 g/mol. The molecule has 1 aliphatic rings. The van der Waals surface area contributed by atoms with Gasteiger partial charge in [-0.1, -0.05) is 0 Å². The average Bonchev–Trinajstić information content (AvgIpc) is 2.71. The lowest BCUT2D eigenvalue weighted by atomic mass is 10.2. The number of carboxylic acid groups (broad SMARTS) is 1. The molecule has 1 unspecified atom stereocenters. The van der Waals surface area contributed by atoms with Crippen molar-refractivity contribution in [2.24, 2.45) is 0 Å². The number of rotatable bonds is 2. The summed E-state index contributed by atoms with van der Waals surface area (Å²) in [7, 11) is 0. The minimum absolute atomic E-state index is 0.247. The second kappa shape index (κ2) is 3.66. The molecule has 0 aliphatic carbocycles. The molecule has 16 heavy (non-hydrogen) atoms. The molecule has 0 radical (unpaired) electrons. The zero-order valence-corrected chi connectivity index (χ0v) is 9.19. The van der Waals surface area contributed by atoms with E-state index in [-0.39, 0.29) is 17.6 Å². The zero-order valence-electron chi connectivity index (χ0n) is 9.19. The van der Waals surface area contributed by atoms with E-state index in [9.17, 15) is 9.59 Å². The van der Waals surface area contributed by atoms with Gasteiger partial charge in [0.2, 0.25) is 0 Å². The summed E-state index contributed by atoms with van der Waals surface area (Å²) in [5.74, 6) is -1.25. The molecule has 1 N–H and O–H groups in total. The second-order valence-corrected chi connectivity index (χ2v) is 3.93. The molecular weight excluding hydrogens is 210 g/mol. The van der Waals surface area contributed by atoms with Crippen LogP contribution in [0, 0.1) is 13.8 Å². The topological polar surface area (TPSA) is 68.5 Å². The lowest BCUT2D eigenvalue weighted by Crippen LogP contribution is -2.17. The van der Waals surface area contributed by atoms with Crippen LogP contribution in [0.5, 0.6) is 0 Å². The number of carbonyl (C=O) groups is 2. The normalized spacial score (nSPS) is 19.9. The third-order valence-electron chi connectivity index (χ3n) is 2.93. The van der Waals surface area contributed by atoms with Gasteiger partial charge in [-0.15, -0.1) is 0 Å². The molecule has 1 aromatic rings. The average molecular weight is 223 g/mol. The fraction of sp³-hybridized carbons (Fsp3) is 0.455. The van der Waals surface area contributed by atoms with E-state index in [1.165, 1.54) is 0 Å². The van der Waals surface area contributed by atoms with Gasteiger partial charge in [-0.25, -0.2) is 9.59 Å². The Morgan fingerprint density at radius 3 is 2.69 bits per heavy atom. The number of cyclic esters (lactones) is 1. The molecule has 1 saturated heterocycles. The summed E-state index contributed by atoms with van der Waals surface area (Å²) in [6, 6.07) is 1.22. The Morgan fingerprint density at radius 1 is 1.56 bits per heavy atom. The molecule has 5 heteroatoms. The van der Waals surface area contributed by atoms with Gasteiger partial charge in [-0.2, -0.15) is 0 Å². The first-order chi connectivity index (χ1) is 7.52. The maximum atomic E-state index is 11.5. The maximum Gasteiger partial charge on any atom is 0.337 e. The molecule has 1 fully saturated rings. The fourth-order valence-corrected chi connectivity index (χ4v) is 2.19. The van der Waals surface area contributed by atoms with Gasteiger partial charge in [0, 0.05) is 17.8 Å². The van der Waals surface area contributed by atoms with E-state index in [2.05, 4.69) is 0 Å². The van der Waals surface area contributed by atoms with Crippen molar-refractivity contribution in [3.8, 4) is 0 Å². The van der Waals surface area contributed by atoms with Crippen LogP contribution < -0.4 is 0 Å². The smallest absolute Gasteiger partial charge is 0.337 e. The van der Waals surface area contributed by atoms with Gasteiger partial charge in [-0.3, -0.25) is 0 Å². The largest absolute Gasteiger partial charge is 0.478 e. The molecule has 5 nitrogen and oxygen atoms in total. The molecule has 1 aliphatic heterocycles. The Bertz CT molecular complexity index is 461. The molecule has 1 aromatic heterocycles. The first kappa shape index (κ1) is 10.7. The van der Waals surface area contributed by atoms with Crippen molar-refractivity contribution in [1.29, 1.82) is 0 Å². The molecule has 0 amide bonds. The van der Waals surface area contributed by atoms with E-state index in [4.69, 9.17) is 9.84 Å². The van der Waals surface area contributed by atoms with Crippen molar-refractivity contribution in [2.45, 2.75) is 26.3 Å². The van der Waals surface area contributed by atoms with Gasteiger partial charge in [-0.05, 0) is 19.9 Å². The van der Waals surface area contributed by atoms with Gasteiger partial charge in [0.15, 0.2) is 0 Å². The molecule has 0 spiro atoms. The Labute approximate surface area is 92.6 Å². The Hall–Kier alpha value is -1.78. The van der Waals surface area contributed by atoms with Crippen LogP contribution >= 0.6 is 0 Å². The lowest BCUT2D eigenvalue weighted by molar-refractivity contribution is -0.140. The Kier molecular flexibility index (Phi) is 2.46. The maximum absolute atomic E-state index is 11.5. The molecular formula is C11H13NO4. The van der Waals surface area contributed by atoms with Crippen molar-refractivity contribution >= 4 is 11.9 Å². The van der Waals surface area contributed by atoms with Crippen molar-refractivity contribution in [3.63, 3.8) is 0 Å². The number of hydrogen-bond acceptors (Lipinski definition) is 3. The number of nitrogens with zero attached hydrogens (tertiary/aromatic N) is 1. The lowest BCUT2D eigenvalue weighted by Gasteiger charge is -2.13. The summed E-state index contributed by atoms with van der Waals surface area (Å²) in [6.07, 6.45) is 0.605. The van der Waals surface area contributed by atoms with Crippen LogP contribution in [-0.4, -0.2) is 28.2 Å². The third-order valence-corrected chi connectivity index (χ3v) is 2.93. The Morgan fingerprint density at radius 2 is 2.25 bits per heavy atom. The summed E-state index contributed by atoms with van der Waals surface area (Å²) in [5.41, 5.74) is 1.63. The molecule has 0 saturated carbocycles. The van der Waals surface area contributed by atoms with E-state index < -0.39 is 5.97 Å². The number of hydrogen-bond donors (Lipinski definition) is 1. The number of ether oxygens (including phenoxy) is 1. The predicted molar refractivity (Wildman–Crippen MR) is 55.5 cm³/mol. The predicted octanol–water partition coefficient (Wildman–Crippen LogP) is 1.29. The SMILES string of the molecule is Cc1cc(C(=O)O)c(C)n1C1CCOC1=O. The van der Waals surface area contributed by atoms with Crippen molar-refractivity contribution < 1.29 is 19.4 Å². The molecule has 1 atom stereocenters. The van der Waals surface area contributed by atoms with Gasteiger partial charge >= 0.3 is 11.9 Å². The van der Waals surface area contributed by atoms with E-state index >= 15 is 0 Å². The van der Waals surface area contributed by atoms with Gasteiger partial charge in [0.05, 0.1) is 12.2 Å². The highest BCUT2D eigenvalue weighted by atomic mass is 16.5. The van der Waals surface area contributed by atoms with Crippen LogP contribution in [0.3, 0.4) is 0 Å². The standard InChI is InChI=1S/C11H13NO4/c1-6-5-8(10(13)14)7(2)12(6)9-3-4-16-11(9)15/h5,9H,3-4H2,1-2H3,(H,13,14). The van der Waals surface area contributed by atoms with E-state index in [1.807, 2.05) is 0 Å². The zero-order chi connectivity index (χ0) is 11.9. The minimum atomic E-state index is -0.967. The van der Waals surface area contributed by atoms with Crippen LogP contribution in [0.25, 0.3) is 0 Å². The second-order valence-electron chi connectivity index (χ2n) is 3.93. The number of esters is 1. The van der Waals surface area contributed by atoms with Crippen molar-refractivity contribution in [1.82, 2.24) is 4.57 Å². The highest BCUT2D eigenvalue weighted by Gasteiger charge is 2.31. The van der Waals surface area contributed by atoms with Gasteiger partial charge in [0.25, 0.3) is 0 Å². The summed E-state index contributed by atoms with van der Waals surface area (Å²) in [5, 5.41) is 8.98. The van der Waals surface area contributed by atoms with Crippen LogP contribution in [0.4, 0.5) is 0 Å². The first-order valence-corrected chi connectivity index (χ1v) is 5.10. The quantitative estimate of drug-likeness (QED) is 0.767. The van der Waals surface area contributed by atoms with Crippen LogP contribution in [-0.2, 0) is 9.53 Å². The Balaban J connectivity index is 2.48. The summed E-state index contributed by atoms with van der Waals surface area (Å²) in [6.45, 7) is 3.91. The third kappa shape index (κ3) is 1.48.